The zero-order chi connectivity index (χ0) is 13.8. The number of hydrogen-bond donors (Lipinski definition) is 2. The first kappa shape index (κ1) is 13.4. The summed E-state index contributed by atoms with van der Waals surface area (Å²) in [4.78, 5) is 16.9. The van der Waals surface area contributed by atoms with E-state index in [1.165, 1.54) is 23.7 Å². The van der Waals surface area contributed by atoms with Crippen molar-refractivity contribution >= 4 is 28.8 Å². The highest BCUT2D eigenvalue weighted by atomic mass is 32.1. The Kier molecular flexibility index (Phi) is 4.01. The molecule has 0 fully saturated rings. The second kappa shape index (κ2) is 5.71. The molecule has 19 heavy (non-hydrogen) atoms. The number of pyridine rings is 1. The molecular formula is C13H15N3O2S. The second-order valence-electron chi connectivity index (χ2n) is 3.99. The van der Waals surface area contributed by atoms with Crippen LogP contribution in [-0.2, 0) is 11.3 Å². The van der Waals surface area contributed by atoms with Crippen molar-refractivity contribution in [1.82, 2.24) is 4.98 Å². The number of esters is 1. The second-order valence-corrected chi connectivity index (χ2v) is 4.99. The summed E-state index contributed by atoms with van der Waals surface area (Å²) in [6, 6.07) is 3.60. The number of carbonyl (C=O) groups excluding carboxylic acids is 1. The van der Waals surface area contributed by atoms with Crippen molar-refractivity contribution < 1.29 is 9.53 Å². The molecule has 6 heteroatoms. The highest BCUT2D eigenvalue weighted by molar-refractivity contribution is 7.10. The molecule has 0 saturated heterocycles. The number of anilines is 2. The quantitative estimate of drug-likeness (QED) is 0.839. The predicted molar refractivity (Wildman–Crippen MR) is 76.4 cm³/mol. The minimum Gasteiger partial charge on any atom is -0.465 e. The number of ether oxygens (including phenoxy) is 1. The average molecular weight is 277 g/mol. The Labute approximate surface area is 115 Å². The van der Waals surface area contributed by atoms with Crippen molar-refractivity contribution in [2.45, 2.75) is 13.5 Å². The Hall–Kier alpha value is -2.08. The van der Waals surface area contributed by atoms with Gasteiger partial charge in [-0.25, -0.2) is 9.78 Å². The van der Waals surface area contributed by atoms with Crippen LogP contribution in [0.2, 0.25) is 0 Å². The molecule has 0 aliphatic heterocycles. The minimum absolute atomic E-state index is 0.309. The van der Waals surface area contributed by atoms with Gasteiger partial charge in [0, 0.05) is 11.1 Å². The van der Waals surface area contributed by atoms with E-state index in [9.17, 15) is 4.79 Å². The highest BCUT2D eigenvalue weighted by Gasteiger charge is 2.13. The molecule has 0 unspecified atom stereocenters. The Morgan fingerprint density at radius 3 is 2.95 bits per heavy atom. The Morgan fingerprint density at radius 1 is 1.53 bits per heavy atom. The van der Waals surface area contributed by atoms with Gasteiger partial charge in [0.05, 0.1) is 24.9 Å². The van der Waals surface area contributed by atoms with Crippen molar-refractivity contribution in [1.29, 1.82) is 0 Å². The molecule has 0 aliphatic rings. The monoisotopic (exact) mass is 277 g/mol. The van der Waals surface area contributed by atoms with Crippen LogP contribution in [0.25, 0.3) is 0 Å². The minimum atomic E-state index is -0.463. The first-order valence-electron chi connectivity index (χ1n) is 5.73. The Morgan fingerprint density at radius 2 is 2.32 bits per heavy atom. The van der Waals surface area contributed by atoms with Crippen LogP contribution in [0.4, 0.5) is 11.5 Å². The van der Waals surface area contributed by atoms with E-state index in [-0.39, 0.29) is 0 Å². The number of carbonyl (C=O) groups is 1. The molecule has 2 aromatic rings. The smallest absolute Gasteiger partial charge is 0.340 e. The van der Waals surface area contributed by atoms with E-state index in [2.05, 4.69) is 28.0 Å². The fourth-order valence-corrected chi connectivity index (χ4v) is 2.50. The van der Waals surface area contributed by atoms with Crippen LogP contribution < -0.4 is 11.1 Å². The first-order chi connectivity index (χ1) is 9.13. The number of nitrogens with two attached hydrogens (primary N) is 1. The average Bonchev–Trinajstić information content (AvgIpc) is 2.82. The van der Waals surface area contributed by atoms with Crippen LogP contribution in [0.3, 0.4) is 0 Å². The maximum atomic E-state index is 11.5. The van der Waals surface area contributed by atoms with Crippen LogP contribution in [0, 0.1) is 6.92 Å². The molecule has 0 spiro atoms. The summed E-state index contributed by atoms with van der Waals surface area (Å²) < 4.78 is 4.67. The Bertz CT molecular complexity index is 595. The largest absolute Gasteiger partial charge is 0.465 e. The number of methoxy groups -OCH3 is 1. The standard InChI is InChI=1S/C13H15N3O2S/c1-8-4-6-19-10(8)7-16-12-11(14)9(3-5-15-12)13(17)18-2/h3-6H,7,14H2,1-2H3,(H,15,16). The van der Waals surface area contributed by atoms with Gasteiger partial charge in [-0.05, 0) is 30.0 Å². The van der Waals surface area contributed by atoms with E-state index >= 15 is 0 Å². The summed E-state index contributed by atoms with van der Waals surface area (Å²) in [6.07, 6.45) is 1.53. The van der Waals surface area contributed by atoms with Crippen molar-refractivity contribution in [2.75, 3.05) is 18.2 Å². The van der Waals surface area contributed by atoms with Gasteiger partial charge in [0.1, 0.15) is 5.82 Å². The van der Waals surface area contributed by atoms with E-state index in [1.54, 1.807) is 17.4 Å². The molecule has 0 aliphatic carbocycles. The molecule has 0 atom stereocenters. The Balaban J connectivity index is 2.17. The van der Waals surface area contributed by atoms with E-state index < -0.39 is 5.97 Å². The fourth-order valence-electron chi connectivity index (χ4n) is 1.65. The van der Waals surface area contributed by atoms with Gasteiger partial charge >= 0.3 is 5.97 Å². The lowest BCUT2D eigenvalue weighted by atomic mass is 10.2. The summed E-state index contributed by atoms with van der Waals surface area (Å²) in [5.41, 5.74) is 7.77. The third-order valence-electron chi connectivity index (χ3n) is 2.78. The summed E-state index contributed by atoms with van der Waals surface area (Å²) in [6.45, 7) is 2.68. The molecule has 0 bridgehead atoms. The van der Waals surface area contributed by atoms with E-state index in [4.69, 9.17) is 5.73 Å². The van der Waals surface area contributed by atoms with Crippen molar-refractivity contribution in [3.8, 4) is 0 Å². The maximum Gasteiger partial charge on any atom is 0.340 e. The number of nitrogen functional groups attached to an aromatic ring is 1. The maximum absolute atomic E-state index is 11.5. The van der Waals surface area contributed by atoms with Crippen LogP contribution >= 0.6 is 11.3 Å². The number of aryl methyl sites for hydroxylation is 1. The number of nitrogens with zero attached hydrogens (tertiary/aromatic N) is 1. The number of hydrogen-bond acceptors (Lipinski definition) is 6. The molecule has 5 nitrogen and oxygen atoms in total. The van der Waals surface area contributed by atoms with Gasteiger partial charge in [-0.3, -0.25) is 0 Å². The van der Waals surface area contributed by atoms with E-state index in [0.717, 1.165) is 0 Å². The zero-order valence-electron chi connectivity index (χ0n) is 10.8. The lowest BCUT2D eigenvalue weighted by Gasteiger charge is -2.10. The van der Waals surface area contributed by atoms with E-state index in [1.807, 2.05) is 5.38 Å². The third-order valence-corrected chi connectivity index (χ3v) is 3.80. The SMILES string of the molecule is COC(=O)c1ccnc(NCc2sccc2C)c1N. The number of nitrogens with one attached hydrogen (secondary N) is 1. The normalized spacial score (nSPS) is 10.2. The fraction of sp³-hybridized carbons (Fsp3) is 0.231. The molecule has 2 heterocycles. The number of rotatable bonds is 4. The van der Waals surface area contributed by atoms with Crippen molar-refractivity contribution in [2.24, 2.45) is 0 Å². The highest BCUT2D eigenvalue weighted by Crippen LogP contribution is 2.23. The molecule has 0 saturated carbocycles. The zero-order valence-corrected chi connectivity index (χ0v) is 11.6. The topological polar surface area (TPSA) is 77.2 Å². The van der Waals surface area contributed by atoms with Crippen LogP contribution in [0.5, 0.6) is 0 Å². The summed E-state index contributed by atoms with van der Waals surface area (Å²) >= 11 is 1.67. The summed E-state index contributed by atoms with van der Waals surface area (Å²) in [5, 5.41) is 5.18. The van der Waals surface area contributed by atoms with Gasteiger partial charge in [0.15, 0.2) is 0 Å². The van der Waals surface area contributed by atoms with Gasteiger partial charge < -0.3 is 15.8 Å². The lowest BCUT2D eigenvalue weighted by Crippen LogP contribution is -2.10. The van der Waals surface area contributed by atoms with Crippen LogP contribution in [-0.4, -0.2) is 18.1 Å². The molecule has 3 N–H and O–H groups in total. The molecular weight excluding hydrogens is 262 g/mol. The van der Waals surface area contributed by atoms with Crippen LogP contribution in [0.1, 0.15) is 20.8 Å². The van der Waals surface area contributed by atoms with Gasteiger partial charge in [-0.15, -0.1) is 11.3 Å². The molecule has 2 aromatic heterocycles. The third kappa shape index (κ3) is 2.85. The van der Waals surface area contributed by atoms with Crippen molar-refractivity contribution in [3.63, 3.8) is 0 Å². The molecule has 2 rings (SSSR count). The number of aromatic nitrogens is 1. The van der Waals surface area contributed by atoms with Gasteiger partial charge in [0.25, 0.3) is 0 Å². The molecule has 100 valence electrons. The number of thiophene rings is 1. The summed E-state index contributed by atoms with van der Waals surface area (Å²) in [5.74, 6) is 0.0333. The molecule has 0 radical (unpaired) electrons. The summed E-state index contributed by atoms with van der Waals surface area (Å²) in [7, 11) is 1.32. The van der Waals surface area contributed by atoms with Gasteiger partial charge in [-0.2, -0.15) is 0 Å². The van der Waals surface area contributed by atoms with Gasteiger partial charge in [-0.1, -0.05) is 0 Å². The predicted octanol–water partition coefficient (Wildman–Crippen LogP) is 2.43. The van der Waals surface area contributed by atoms with Gasteiger partial charge in [0.2, 0.25) is 0 Å². The van der Waals surface area contributed by atoms with Crippen LogP contribution in [0.15, 0.2) is 23.7 Å². The lowest BCUT2D eigenvalue weighted by molar-refractivity contribution is 0.0602. The molecule has 0 aromatic carbocycles. The van der Waals surface area contributed by atoms with Crippen molar-refractivity contribution in [3.05, 3.63) is 39.7 Å². The molecule has 0 amide bonds. The van der Waals surface area contributed by atoms with E-state index in [0.29, 0.717) is 23.6 Å². The first-order valence-corrected chi connectivity index (χ1v) is 6.61.